The number of aryl methyl sites for hydroxylation is 1. The smallest absolute Gasteiger partial charge is 0.172 e. The van der Waals surface area contributed by atoms with Gasteiger partial charge in [0.25, 0.3) is 0 Å². The molecule has 14 heavy (non-hydrogen) atoms. The number of aldehydes is 1. The summed E-state index contributed by atoms with van der Waals surface area (Å²) in [6, 6.07) is 3.58. The van der Waals surface area contributed by atoms with E-state index in [0.717, 1.165) is 5.69 Å². The number of nitrogens with zero attached hydrogens (tertiary/aromatic N) is 1. The zero-order chi connectivity index (χ0) is 10.4. The molecule has 0 fully saturated rings. The third kappa shape index (κ3) is 2.69. The van der Waals surface area contributed by atoms with Crippen molar-refractivity contribution in [1.29, 1.82) is 0 Å². The van der Waals surface area contributed by atoms with Gasteiger partial charge in [-0.2, -0.15) is 0 Å². The van der Waals surface area contributed by atoms with Crippen molar-refractivity contribution in [3.05, 3.63) is 35.7 Å². The van der Waals surface area contributed by atoms with Crippen LogP contribution in [0, 0.1) is 6.92 Å². The average Bonchev–Trinajstić information content (AvgIpc) is 2.20. The summed E-state index contributed by atoms with van der Waals surface area (Å²) < 4.78 is 5.34. The molecule has 0 atom stereocenters. The summed E-state index contributed by atoms with van der Waals surface area (Å²) in [7, 11) is 0. The summed E-state index contributed by atoms with van der Waals surface area (Å²) in [4.78, 5) is 14.7. The van der Waals surface area contributed by atoms with Crippen LogP contribution in [0.5, 0.6) is 5.75 Å². The number of carbonyl (C=O) groups is 1. The molecule has 0 saturated heterocycles. The fourth-order valence-corrected chi connectivity index (χ4v) is 1.00. The maximum atomic E-state index is 10.7. The molecule has 0 aliphatic rings. The van der Waals surface area contributed by atoms with E-state index in [-0.39, 0.29) is 0 Å². The Balaban J connectivity index is 2.80. The van der Waals surface area contributed by atoms with Crippen molar-refractivity contribution >= 4 is 6.29 Å². The fraction of sp³-hybridized carbons (Fsp3) is 0.273. The molecule has 1 heterocycles. The van der Waals surface area contributed by atoms with Gasteiger partial charge >= 0.3 is 0 Å². The third-order valence-corrected chi connectivity index (χ3v) is 1.71. The Kier molecular flexibility index (Phi) is 3.85. The van der Waals surface area contributed by atoms with E-state index in [9.17, 15) is 4.79 Å². The molecule has 0 N–H and O–H groups in total. The Morgan fingerprint density at radius 3 is 2.93 bits per heavy atom. The Morgan fingerprint density at radius 2 is 2.29 bits per heavy atom. The van der Waals surface area contributed by atoms with Crippen LogP contribution in [0.25, 0.3) is 0 Å². The van der Waals surface area contributed by atoms with Crippen LogP contribution in [0.4, 0.5) is 0 Å². The normalized spacial score (nSPS) is 10.4. The molecule has 0 aromatic carbocycles. The van der Waals surface area contributed by atoms with Gasteiger partial charge in [0.05, 0.1) is 0 Å². The first-order valence-corrected chi connectivity index (χ1v) is 4.44. The second kappa shape index (κ2) is 5.17. The fourth-order valence-electron chi connectivity index (χ4n) is 1.00. The first kappa shape index (κ1) is 10.4. The van der Waals surface area contributed by atoms with E-state index in [4.69, 9.17) is 4.74 Å². The third-order valence-electron chi connectivity index (χ3n) is 1.71. The molecule has 1 aromatic rings. The van der Waals surface area contributed by atoms with E-state index >= 15 is 0 Å². The molecule has 0 aliphatic heterocycles. The van der Waals surface area contributed by atoms with Crippen molar-refractivity contribution in [3.8, 4) is 5.75 Å². The molecule has 0 radical (unpaired) electrons. The van der Waals surface area contributed by atoms with Gasteiger partial charge in [0.15, 0.2) is 6.29 Å². The van der Waals surface area contributed by atoms with Crippen molar-refractivity contribution in [1.82, 2.24) is 4.98 Å². The van der Waals surface area contributed by atoms with Crippen LogP contribution in [0.15, 0.2) is 24.3 Å². The maximum Gasteiger partial charge on any atom is 0.172 e. The van der Waals surface area contributed by atoms with Crippen LogP contribution in [0.2, 0.25) is 0 Å². The van der Waals surface area contributed by atoms with Gasteiger partial charge in [0.1, 0.15) is 18.1 Å². The standard InChI is InChI=1S/C11H13NO2/c1-3-4-7-14-11-6-5-9(2)12-10(11)8-13/h3-6,8H,7H2,1-2H3. The number of allylic oxidation sites excluding steroid dienone is 1. The Labute approximate surface area is 83.4 Å². The SMILES string of the molecule is CC=CCOc1ccc(C)nc1C=O. The van der Waals surface area contributed by atoms with E-state index in [1.807, 2.05) is 32.1 Å². The molecule has 1 rings (SSSR count). The zero-order valence-electron chi connectivity index (χ0n) is 8.36. The van der Waals surface area contributed by atoms with E-state index in [1.165, 1.54) is 0 Å². The second-order valence-electron chi connectivity index (χ2n) is 2.83. The molecule has 0 saturated carbocycles. The summed E-state index contributed by atoms with van der Waals surface area (Å²) in [6.45, 7) is 4.21. The molecule has 3 heteroatoms. The van der Waals surface area contributed by atoms with Gasteiger partial charge in [0, 0.05) is 5.69 Å². The first-order valence-electron chi connectivity index (χ1n) is 4.44. The molecule has 1 aromatic heterocycles. The predicted octanol–water partition coefficient (Wildman–Crippen LogP) is 2.16. The van der Waals surface area contributed by atoms with Crippen LogP contribution in [-0.4, -0.2) is 17.9 Å². The lowest BCUT2D eigenvalue weighted by atomic mass is 10.3. The lowest BCUT2D eigenvalue weighted by Gasteiger charge is -2.05. The Morgan fingerprint density at radius 1 is 1.50 bits per heavy atom. The van der Waals surface area contributed by atoms with Gasteiger partial charge in [-0.15, -0.1) is 0 Å². The van der Waals surface area contributed by atoms with Gasteiger partial charge in [-0.3, -0.25) is 4.79 Å². The van der Waals surface area contributed by atoms with Gasteiger partial charge < -0.3 is 4.74 Å². The van der Waals surface area contributed by atoms with Crippen LogP contribution >= 0.6 is 0 Å². The molecular formula is C11H13NO2. The molecule has 74 valence electrons. The minimum Gasteiger partial charge on any atom is -0.487 e. The molecular weight excluding hydrogens is 178 g/mol. The van der Waals surface area contributed by atoms with E-state index < -0.39 is 0 Å². The molecule has 0 unspecified atom stereocenters. The van der Waals surface area contributed by atoms with Crippen LogP contribution < -0.4 is 4.74 Å². The van der Waals surface area contributed by atoms with E-state index in [2.05, 4.69) is 4.98 Å². The number of ether oxygens (including phenoxy) is 1. The topological polar surface area (TPSA) is 39.2 Å². The van der Waals surface area contributed by atoms with Crippen LogP contribution in [0.3, 0.4) is 0 Å². The monoisotopic (exact) mass is 191 g/mol. The minimum absolute atomic E-state index is 0.356. The predicted molar refractivity (Wildman–Crippen MR) is 54.7 cm³/mol. The van der Waals surface area contributed by atoms with Crippen molar-refractivity contribution in [2.75, 3.05) is 6.61 Å². The summed E-state index contributed by atoms with van der Waals surface area (Å²) in [5.41, 5.74) is 1.17. The van der Waals surface area contributed by atoms with Gasteiger partial charge in [-0.1, -0.05) is 12.2 Å². The summed E-state index contributed by atoms with van der Waals surface area (Å²) in [5.74, 6) is 0.531. The van der Waals surface area contributed by atoms with Gasteiger partial charge in [-0.05, 0) is 26.0 Å². The lowest BCUT2D eigenvalue weighted by molar-refractivity contribution is 0.111. The summed E-state index contributed by atoms with van der Waals surface area (Å²) >= 11 is 0. The molecule has 0 aliphatic carbocycles. The van der Waals surface area contributed by atoms with E-state index in [1.54, 1.807) is 6.07 Å². The lowest BCUT2D eigenvalue weighted by Crippen LogP contribution is -2.00. The Hall–Kier alpha value is -1.64. The largest absolute Gasteiger partial charge is 0.487 e. The highest BCUT2D eigenvalue weighted by atomic mass is 16.5. The highest BCUT2D eigenvalue weighted by Crippen LogP contribution is 2.14. The molecule has 0 bridgehead atoms. The molecule has 0 amide bonds. The number of hydrogen-bond donors (Lipinski definition) is 0. The average molecular weight is 191 g/mol. The van der Waals surface area contributed by atoms with Crippen LogP contribution in [-0.2, 0) is 0 Å². The highest BCUT2D eigenvalue weighted by molar-refractivity contribution is 5.76. The van der Waals surface area contributed by atoms with Crippen molar-refractivity contribution < 1.29 is 9.53 Å². The van der Waals surface area contributed by atoms with Gasteiger partial charge in [-0.25, -0.2) is 4.98 Å². The number of carbonyl (C=O) groups excluding carboxylic acids is 1. The van der Waals surface area contributed by atoms with Crippen molar-refractivity contribution in [3.63, 3.8) is 0 Å². The summed E-state index contributed by atoms with van der Waals surface area (Å²) in [6.07, 6.45) is 4.47. The first-order chi connectivity index (χ1) is 6.77. The number of rotatable bonds is 4. The number of aromatic nitrogens is 1. The highest BCUT2D eigenvalue weighted by Gasteiger charge is 2.03. The van der Waals surface area contributed by atoms with E-state index in [0.29, 0.717) is 24.3 Å². The molecule has 3 nitrogen and oxygen atoms in total. The maximum absolute atomic E-state index is 10.7. The second-order valence-corrected chi connectivity index (χ2v) is 2.83. The zero-order valence-corrected chi connectivity index (χ0v) is 8.36. The minimum atomic E-state index is 0.356. The van der Waals surface area contributed by atoms with Gasteiger partial charge in [0.2, 0.25) is 0 Å². The number of pyridine rings is 1. The summed E-state index contributed by atoms with van der Waals surface area (Å²) in [5, 5.41) is 0. The van der Waals surface area contributed by atoms with Crippen LogP contribution in [0.1, 0.15) is 23.1 Å². The van der Waals surface area contributed by atoms with Crippen molar-refractivity contribution in [2.45, 2.75) is 13.8 Å². The quantitative estimate of drug-likeness (QED) is 0.540. The molecule has 0 spiro atoms. The number of hydrogen-bond acceptors (Lipinski definition) is 3. The van der Waals surface area contributed by atoms with Crippen molar-refractivity contribution in [2.24, 2.45) is 0 Å². The Bertz CT molecular complexity index is 345.